The van der Waals surface area contributed by atoms with Gasteiger partial charge in [0, 0.05) is 37.0 Å². The number of rotatable bonds is 10. The van der Waals surface area contributed by atoms with Gasteiger partial charge in [0.2, 0.25) is 0 Å². The molecule has 1 aromatic carbocycles. The standard InChI is InChI=1S/C20H26N2O3.C2H2O4/c1-15(2)22-13-18(23)14-25-19(11-16-7-6-10-21-12-16)20(24)17-8-4-3-5-9-17;3-1(4)2(5)6/h3-10,12,15,18-19,22-23H,11,13-14H2,1-2H3;(H,3,4)(H,5,6). The number of carboxylic acids is 2. The average Bonchev–Trinajstić information content (AvgIpc) is 2.76. The maximum absolute atomic E-state index is 12.8. The predicted octanol–water partition coefficient (Wildman–Crippen LogP) is 1.41. The Balaban J connectivity index is 0.000000703. The highest BCUT2D eigenvalue weighted by molar-refractivity contribution is 6.27. The van der Waals surface area contributed by atoms with Crippen LogP contribution in [0, 0.1) is 0 Å². The number of aliphatic hydroxyl groups is 1. The zero-order valence-electron chi connectivity index (χ0n) is 17.5. The van der Waals surface area contributed by atoms with Crippen molar-refractivity contribution in [2.75, 3.05) is 13.2 Å². The third-order valence-electron chi connectivity index (χ3n) is 3.93. The molecule has 0 fully saturated rings. The van der Waals surface area contributed by atoms with E-state index in [-0.39, 0.29) is 18.4 Å². The van der Waals surface area contributed by atoms with Crippen molar-refractivity contribution in [1.29, 1.82) is 0 Å². The van der Waals surface area contributed by atoms with E-state index in [0.717, 1.165) is 5.56 Å². The highest BCUT2D eigenvalue weighted by Gasteiger charge is 2.22. The molecule has 2 atom stereocenters. The van der Waals surface area contributed by atoms with E-state index in [2.05, 4.69) is 10.3 Å². The van der Waals surface area contributed by atoms with Crippen molar-refractivity contribution in [2.24, 2.45) is 0 Å². The number of benzene rings is 1. The Bertz CT molecular complexity index is 801. The molecule has 0 aliphatic rings. The van der Waals surface area contributed by atoms with Crippen LogP contribution < -0.4 is 5.32 Å². The minimum Gasteiger partial charge on any atom is -0.473 e. The summed E-state index contributed by atoms with van der Waals surface area (Å²) in [7, 11) is 0. The fraction of sp³-hybridized carbons (Fsp3) is 0.364. The van der Waals surface area contributed by atoms with Crippen LogP contribution in [-0.4, -0.2) is 69.4 Å². The van der Waals surface area contributed by atoms with Crippen LogP contribution in [0.3, 0.4) is 0 Å². The number of carbonyl (C=O) groups excluding carboxylic acids is 1. The molecule has 2 unspecified atom stereocenters. The van der Waals surface area contributed by atoms with E-state index in [4.69, 9.17) is 24.5 Å². The predicted molar refractivity (Wildman–Crippen MR) is 113 cm³/mol. The summed E-state index contributed by atoms with van der Waals surface area (Å²) in [4.78, 5) is 35.1. The molecule has 1 aromatic heterocycles. The molecule has 0 saturated heterocycles. The Kier molecular flexibility index (Phi) is 11.7. The van der Waals surface area contributed by atoms with Gasteiger partial charge in [-0.3, -0.25) is 9.78 Å². The summed E-state index contributed by atoms with van der Waals surface area (Å²) in [5, 5.41) is 28.0. The molecule has 9 heteroatoms. The van der Waals surface area contributed by atoms with Crippen LogP contribution in [0.5, 0.6) is 0 Å². The number of ether oxygens (including phenoxy) is 1. The van der Waals surface area contributed by atoms with Gasteiger partial charge in [0.25, 0.3) is 0 Å². The van der Waals surface area contributed by atoms with E-state index in [1.54, 1.807) is 24.5 Å². The van der Waals surface area contributed by atoms with Crippen molar-refractivity contribution in [3.05, 3.63) is 66.0 Å². The maximum atomic E-state index is 12.8. The van der Waals surface area contributed by atoms with Crippen LogP contribution in [0.15, 0.2) is 54.9 Å². The lowest BCUT2D eigenvalue weighted by Gasteiger charge is -2.20. The lowest BCUT2D eigenvalue weighted by molar-refractivity contribution is -0.159. The molecule has 2 aromatic rings. The van der Waals surface area contributed by atoms with Crippen LogP contribution in [0.2, 0.25) is 0 Å². The summed E-state index contributed by atoms with van der Waals surface area (Å²) < 4.78 is 5.79. The van der Waals surface area contributed by atoms with Crippen LogP contribution in [0.25, 0.3) is 0 Å². The lowest BCUT2D eigenvalue weighted by atomic mass is 10.0. The first-order chi connectivity index (χ1) is 14.7. The Hall–Kier alpha value is -3.14. The number of nitrogens with one attached hydrogen (secondary N) is 1. The highest BCUT2D eigenvalue weighted by atomic mass is 16.5. The van der Waals surface area contributed by atoms with Crippen molar-refractivity contribution in [1.82, 2.24) is 10.3 Å². The number of pyridine rings is 1. The molecular formula is C22H28N2O7. The second-order valence-electron chi connectivity index (χ2n) is 6.94. The van der Waals surface area contributed by atoms with Gasteiger partial charge < -0.3 is 25.4 Å². The van der Waals surface area contributed by atoms with Crippen LogP contribution in [0.1, 0.15) is 29.8 Å². The average molecular weight is 432 g/mol. The summed E-state index contributed by atoms with van der Waals surface area (Å²) in [5.41, 5.74) is 1.53. The zero-order chi connectivity index (χ0) is 23.2. The summed E-state index contributed by atoms with van der Waals surface area (Å²) >= 11 is 0. The van der Waals surface area contributed by atoms with E-state index in [1.165, 1.54) is 0 Å². The largest absolute Gasteiger partial charge is 0.473 e. The van der Waals surface area contributed by atoms with Gasteiger partial charge in [0.1, 0.15) is 6.10 Å². The molecule has 0 radical (unpaired) electrons. The topological polar surface area (TPSA) is 146 Å². The van der Waals surface area contributed by atoms with Crippen molar-refractivity contribution < 1.29 is 34.4 Å². The van der Waals surface area contributed by atoms with Crippen LogP contribution >= 0.6 is 0 Å². The first-order valence-electron chi connectivity index (χ1n) is 9.68. The second-order valence-corrected chi connectivity index (χ2v) is 6.94. The molecule has 31 heavy (non-hydrogen) atoms. The van der Waals surface area contributed by atoms with E-state index >= 15 is 0 Å². The number of aliphatic hydroxyl groups excluding tert-OH is 1. The molecule has 0 aliphatic heterocycles. The molecule has 168 valence electrons. The van der Waals surface area contributed by atoms with Gasteiger partial charge in [-0.25, -0.2) is 9.59 Å². The zero-order valence-corrected chi connectivity index (χ0v) is 17.5. The lowest BCUT2D eigenvalue weighted by Crippen LogP contribution is -2.37. The molecule has 1 heterocycles. The number of hydrogen-bond donors (Lipinski definition) is 4. The van der Waals surface area contributed by atoms with Gasteiger partial charge in [0.15, 0.2) is 5.78 Å². The molecular weight excluding hydrogens is 404 g/mol. The third kappa shape index (κ3) is 11.0. The summed E-state index contributed by atoms with van der Waals surface area (Å²) in [6.45, 7) is 4.55. The Morgan fingerprint density at radius 3 is 2.19 bits per heavy atom. The molecule has 0 amide bonds. The van der Waals surface area contributed by atoms with Crippen molar-refractivity contribution in [2.45, 2.75) is 38.5 Å². The first kappa shape index (κ1) is 25.9. The smallest absolute Gasteiger partial charge is 0.414 e. The second kappa shape index (κ2) is 14.0. The van der Waals surface area contributed by atoms with E-state index < -0.39 is 24.1 Å². The van der Waals surface area contributed by atoms with Gasteiger partial charge in [0.05, 0.1) is 12.7 Å². The van der Waals surface area contributed by atoms with Crippen molar-refractivity contribution in [3.63, 3.8) is 0 Å². The fourth-order valence-corrected chi connectivity index (χ4v) is 2.41. The minimum atomic E-state index is -1.82. The number of nitrogens with zero attached hydrogens (tertiary/aromatic N) is 1. The SMILES string of the molecule is CC(C)NCC(O)COC(Cc1cccnc1)C(=O)c1ccccc1.O=C(O)C(=O)O. The van der Waals surface area contributed by atoms with Crippen molar-refractivity contribution in [3.8, 4) is 0 Å². The highest BCUT2D eigenvalue weighted by Crippen LogP contribution is 2.12. The summed E-state index contributed by atoms with van der Waals surface area (Å²) in [6.07, 6.45) is 2.53. The molecule has 0 spiro atoms. The monoisotopic (exact) mass is 432 g/mol. The Morgan fingerprint density at radius 2 is 1.68 bits per heavy atom. The number of hydrogen-bond acceptors (Lipinski definition) is 7. The number of carbonyl (C=O) groups is 3. The maximum Gasteiger partial charge on any atom is 0.414 e. The van der Waals surface area contributed by atoms with Gasteiger partial charge in [-0.2, -0.15) is 0 Å². The number of ketones is 1. The van der Waals surface area contributed by atoms with Crippen LogP contribution in [0.4, 0.5) is 0 Å². The van der Waals surface area contributed by atoms with E-state index in [1.807, 2.05) is 44.2 Å². The summed E-state index contributed by atoms with van der Waals surface area (Å²) in [6, 6.07) is 13.1. The van der Waals surface area contributed by atoms with Crippen molar-refractivity contribution >= 4 is 17.7 Å². The Labute approximate surface area is 180 Å². The molecule has 2 rings (SSSR count). The first-order valence-corrected chi connectivity index (χ1v) is 9.68. The number of aromatic nitrogens is 1. The Morgan fingerprint density at radius 1 is 1.03 bits per heavy atom. The van der Waals surface area contributed by atoms with Gasteiger partial charge in [-0.1, -0.05) is 50.2 Å². The molecule has 0 bridgehead atoms. The normalized spacial score (nSPS) is 12.4. The third-order valence-corrected chi connectivity index (χ3v) is 3.93. The quantitative estimate of drug-likeness (QED) is 0.323. The van der Waals surface area contributed by atoms with Crippen LogP contribution in [-0.2, 0) is 20.7 Å². The minimum absolute atomic E-state index is 0.0894. The van der Waals surface area contributed by atoms with Gasteiger partial charge in [-0.05, 0) is 11.6 Å². The summed E-state index contributed by atoms with van der Waals surface area (Å²) in [5.74, 6) is -3.74. The molecule has 4 N–H and O–H groups in total. The van der Waals surface area contributed by atoms with Gasteiger partial charge in [-0.15, -0.1) is 0 Å². The molecule has 0 saturated carbocycles. The number of aliphatic carboxylic acids is 2. The number of carboxylic acid groups (broad SMARTS) is 2. The van der Waals surface area contributed by atoms with E-state index in [9.17, 15) is 9.90 Å². The van der Waals surface area contributed by atoms with E-state index in [0.29, 0.717) is 18.5 Å². The fourth-order valence-electron chi connectivity index (χ4n) is 2.41. The number of Topliss-reactive ketones (excluding diaryl/α,β-unsaturated/α-hetero) is 1. The van der Waals surface area contributed by atoms with Gasteiger partial charge >= 0.3 is 11.9 Å². The molecule has 9 nitrogen and oxygen atoms in total. The molecule has 0 aliphatic carbocycles.